The molecule has 2 N–H and O–H groups in total. The van der Waals surface area contributed by atoms with Crippen LogP contribution in [-0.2, 0) is 11.0 Å². The van der Waals surface area contributed by atoms with Crippen molar-refractivity contribution in [1.29, 1.82) is 0 Å². The highest BCUT2D eigenvalue weighted by molar-refractivity contribution is 5.89. The molecular formula is C27H22F3N5O2. The molecule has 1 atom stereocenters. The molecule has 37 heavy (non-hydrogen) atoms. The molecule has 1 fully saturated rings. The Morgan fingerprint density at radius 2 is 1.89 bits per heavy atom. The minimum Gasteiger partial charge on any atom is -0.439 e. The quantitative estimate of drug-likeness (QED) is 0.356. The van der Waals surface area contributed by atoms with Crippen molar-refractivity contribution in [2.75, 3.05) is 18.8 Å². The van der Waals surface area contributed by atoms with Crippen molar-refractivity contribution in [3.63, 3.8) is 0 Å². The number of ether oxygens (including phenoxy) is 1. The summed E-state index contributed by atoms with van der Waals surface area (Å²) in [4.78, 5) is 26.3. The van der Waals surface area contributed by atoms with E-state index in [1.165, 1.54) is 6.08 Å². The number of benzene rings is 2. The van der Waals surface area contributed by atoms with E-state index in [-0.39, 0.29) is 23.7 Å². The maximum absolute atomic E-state index is 13.0. The molecule has 10 heteroatoms. The number of fused-ring (bicyclic) bond motifs is 1. The normalized spacial score (nSPS) is 15.6. The van der Waals surface area contributed by atoms with E-state index in [0.717, 1.165) is 52.3 Å². The zero-order valence-electron chi connectivity index (χ0n) is 19.6. The van der Waals surface area contributed by atoms with E-state index < -0.39 is 11.7 Å². The first-order valence-electron chi connectivity index (χ1n) is 11.5. The van der Waals surface area contributed by atoms with Crippen LogP contribution in [0.5, 0.6) is 11.6 Å². The van der Waals surface area contributed by atoms with Gasteiger partial charge in [0.15, 0.2) is 0 Å². The fourth-order valence-corrected chi connectivity index (χ4v) is 4.49. The molecule has 188 valence electrons. The Morgan fingerprint density at radius 1 is 1.11 bits per heavy atom. The van der Waals surface area contributed by atoms with Crippen LogP contribution in [0.1, 0.15) is 23.5 Å². The smallest absolute Gasteiger partial charge is 0.416 e. The Balaban J connectivity index is 1.45. The first-order chi connectivity index (χ1) is 17.7. The van der Waals surface area contributed by atoms with Crippen LogP contribution in [0.15, 0.2) is 73.6 Å². The van der Waals surface area contributed by atoms with E-state index in [4.69, 9.17) is 10.5 Å². The first-order valence-corrected chi connectivity index (χ1v) is 11.5. The van der Waals surface area contributed by atoms with Gasteiger partial charge in [0.25, 0.3) is 0 Å². The van der Waals surface area contributed by atoms with Gasteiger partial charge in [0, 0.05) is 42.9 Å². The number of hydrogen-bond acceptors (Lipinski definition) is 6. The summed E-state index contributed by atoms with van der Waals surface area (Å²) in [5.41, 5.74) is 8.50. The number of anilines is 1. The van der Waals surface area contributed by atoms with Gasteiger partial charge in [0.2, 0.25) is 17.7 Å². The average molecular weight is 506 g/mol. The number of aromatic nitrogens is 3. The van der Waals surface area contributed by atoms with Crippen molar-refractivity contribution in [2.45, 2.75) is 18.5 Å². The van der Waals surface area contributed by atoms with Crippen LogP contribution in [-0.4, -0.2) is 38.8 Å². The molecule has 0 aliphatic carbocycles. The molecule has 4 aromatic rings. The Bertz CT molecular complexity index is 1490. The van der Waals surface area contributed by atoms with Crippen LogP contribution >= 0.6 is 0 Å². The second-order valence-corrected chi connectivity index (χ2v) is 8.71. The molecule has 2 aromatic carbocycles. The second-order valence-electron chi connectivity index (χ2n) is 8.71. The number of alkyl halides is 3. The summed E-state index contributed by atoms with van der Waals surface area (Å²) in [7, 11) is 0. The van der Waals surface area contributed by atoms with Gasteiger partial charge in [0.1, 0.15) is 5.75 Å². The first kappa shape index (κ1) is 24.2. The number of nitrogens with zero attached hydrogens (tertiary/aromatic N) is 4. The molecule has 1 amide bonds. The summed E-state index contributed by atoms with van der Waals surface area (Å²) in [5.74, 6) is 0.327. The Labute approximate surface area is 210 Å². The lowest BCUT2D eigenvalue weighted by Crippen LogP contribution is -2.26. The molecule has 7 nitrogen and oxygen atoms in total. The number of nitrogen functional groups attached to an aromatic ring is 1. The molecule has 0 spiro atoms. The van der Waals surface area contributed by atoms with Gasteiger partial charge in [-0.1, -0.05) is 18.7 Å². The fraction of sp³-hybridized carbons (Fsp3) is 0.185. The molecule has 0 radical (unpaired) electrons. The van der Waals surface area contributed by atoms with Crippen LogP contribution in [0.3, 0.4) is 0 Å². The molecule has 1 aliphatic heterocycles. The molecular weight excluding hydrogens is 483 g/mol. The van der Waals surface area contributed by atoms with Gasteiger partial charge in [-0.2, -0.15) is 13.2 Å². The zero-order valence-corrected chi connectivity index (χ0v) is 19.6. The number of hydrogen-bond donors (Lipinski definition) is 1. The lowest BCUT2D eigenvalue weighted by Gasteiger charge is -2.17. The lowest BCUT2D eigenvalue weighted by atomic mass is 9.92. The van der Waals surface area contributed by atoms with E-state index in [1.54, 1.807) is 23.2 Å². The van der Waals surface area contributed by atoms with Crippen LogP contribution in [0, 0.1) is 0 Å². The summed E-state index contributed by atoms with van der Waals surface area (Å²) >= 11 is 0. The Morgan fingerprint density at radius 3 is 2.62 bits per heavy atom. The predicted molar refractivity (Wildman–Crippen MR) is 133 cm³/mol. The third kappa shape index (κ3) is 5.09. The van der Waals surface area contributed by atoms with E-state index in [0.29, 0.717) is 18.8 Å². The summed E-state index contributed by atoms with van der Waals surface area (Å²) in [6.07, 6.45) is 0.338. The highest BCUT2D eigenvalue weighted by Crippen LogP contribution is 2.37. The topological polar surface area (TPSA) is 94.2 Å². The second kappa shape index (κ2) is 9.53. The summed E-state index contributed by atoms with van der Waals surface area (Å²) < 4.78 is 44.5. The maximum atomic E-state index is 13.0. The minimum absolute atomic E-state index is 0.0650. The number of carbonyl (C=O) groups excluding carboxylic acids is 1. The lowest BCUT2D eigenvalue weighted by molar-refractivity contribution is -0.137. The van der Waals surface area contributed by atoms with Gasteiger partial charge in [-0.3, -0.25) is 4.79 Å². The predicted octanol–water partition coefficient (Wildman–Crippen LogP) is 5.59. The molecule has 0 saturated carbocycles. The average Bonchev–Trinajstić information content (AvgIpc) is 3.38. The molecule has 1 aliphatic rings. The number of halogens is 3. The molecule has 5 rings (SSSR count). The van der Waals surface area contributed by atoms with Crippen molar-refractivity contribution < 1.29 is 22.7 Å². The summed E-state index contributed by atoms with van der Waals surface area (Å²) in [6, 6.07) is 12.7. The SMILES string of the molecule is C=CC(=O)N1CCC(c2cc(-c3ccc(Oc4cc(C(F)(F)F)ccn4)cc3)cc3cnc(N)nc23)C1. The van der Waals surface area contributed by atoms with Gasteiger partial charge >= 0.3 is 6.18 Å². The third-order valence-electron chi connectivity index (χ3n) is 6.32. The number of pyridine rings is 1. The monoisotopic (exact) mass is 505 g/mol. The summed E-state index contributed by atoms with van der Waals surface area (Å²) in [6.45, 7) is 4.74. The van der Waals surface area contributed by atoms with Crippen LogP contribution in [0.25, 0.3) is 22.0 Å². The van der Waals surface area contributed by atoms with Gasteiger partial charge in [-0.15, -0.1) is 0 Å². The number of nitrogens with two attached hydrogens (primary N) is 1. The Hall–Kier alpha value is -4.47. The van der Waals surface area contributed by atoms with Crippen molar-refractivity contribution in [3.05, 3.63) is 84.7 Å². The third-order valence-corrected chi connectivity index (χ3v) is 6.32. The zero-order chi connectivity index (χ0) is 26.2. The van der Waals surface area contributed by atoms with Gasteiger partial charge < -0.3 is 15.4 Å². The van der Waals surface area contributed by atoms with Crippen molar-refractivity contribution in [2.24, 2.45) is 0 Å². The number of carbonyl (C=O) groups is 1. The van der Waals surface area contributed by atoms with Gasteiger partial charge in [-0.25, -0.2) is 15.0 Å². The number of rotatable bonds is 5. The van der Waals surface area contributed by atoms with Gasteiger partial charge in [0.05, 0.1) is 11.1 Å². The highest BCUT2D eigenvalue weighted by atomic mass is 19.4. The molecule has 1 saturated heterocycles. The van der Waals surface area contributed by atoms with Crippen molar-refractivity contribution in [1.82, 2.24) is 19.9 Å². The number of likely N-dealkylation sites (tertiary alicyclic amines) is 1. The largest absolute Gasteiger partial charge is 0.439 e. The van der Waals surface area contributed by atoms with E-state index in [2.05, 4.69) is 21.5 Å². The summed E-state index contributed by atoms with van der Waals surface area (Å²) in [5, 5.41) is 0.809. The molecule has 1 unspecified atom stereocenters. The molecule has 2 aromatic heterocycles. The highest BCUT2D eigenvalue weighted by Gasteiger charge is 2.31. The maximum Gasteiger partial charge on any atom is 0.416 e. The fourth-order valence-electron chi connectivity index (χ4n) is 4.49. The standard InChI is InChI=1S/C27H22F3N5O2/c1-2-24(36)35-10-8-17(15-35)22-12-18(11-19-14-33-26(31)34-25(19)22)16-3-5-21(6-4-16)37-23-13-20(7-9-32-23)27(28,29)30/h2-7,9,11-14,17H,1,8,10,15H2,(H2,31,33,34). The van der Waals surface area contributed by atoms with E-state index in [1.807, 2.05) is 24.3 Å². The van der Waals surface area contributed by atoms with Crippen LogP contribution < -0.4 is 10.5 Å². The van der Waals surface area contributed by atoms with Crippen LogP contribution in [0.2, 0.25) is 0 Å². The van der Waals surface area contributed by atoms with Crippen molar-refractivity contribution in [3.8, 4) is 22.8 Å². The van der Waals surface area contributed by atoms with Crippen molar-refractivity contribution >= 4 is 22.8 Å². The minimum atomic E-state index is -4.48. The molecule has 0 bridgehead atoms. The van der Waals surface area contributed by atoms with Gasteiger partial charge in [-0.05, 0) is 59.5 Å². The van der Waals surface area contributed by atoms with E-state index >= 15 is 0 Å². The van der Waals surface area contributed by atoms with E-state index in [9.17, 15) is 18.0 Å². The Kier molecular flexibility index (Phi) is 6.24. The van der Waals surface area contributed by atoms with Crippen LogP contribution in [0.4, 0.5) is 19.1 Å². The molecule has 3 heterocycles. The number of amides is 1.